The number of aliphatic hydroxyl groups is 1. The number of pyridine rings is 1. The first-order valence-electron chi connectivity index (χ1n) is 13.0. The maximum Gasteiger partial charge on any atom is 0.247 e. The van der Waals surface area contributed by atoms with E-state index in [0.29, 0.717) is 12.3 Å². The molecular weight excluding hydrogens is 490 g/mol. The third-order valence-corrected chi connectivity index (χ3v) is 9.33. The molecule has 37 heavy (non-hydrogen) atoms. The Morgan fingerprint density at radius 3 is 2.68 bits per heavy atom. The molecule has 2 heterocycles. The van der Waals surface area contributed by atoms with Gasteiger partial charge in [0.25, 0.3) is 0 Å². The van der Waals surface area contributed by atoms with Crippen LogP contribution in [-0.2, 0) is 21.2 Å². The third kappa shape index (κ3) is 6.22. The van der Waals surface area contributed by atoms with Crippen molar-refractivity contribution >= 4 is 21.5 Å². The summed E-state index contributed by atoms with van der Waals surface area (Å²) in [7, 11) is -2.16. The number of sulfonamides is 1. The van der Waals surface area contributed by atoms with E-state index in [2.05, 4.69) is 11.1 Å². The van der Waals surface area contributed by atoms with Gasteiger partial charge < -0.3 is 14.7 Å². The van der Waals surface area contributed by atoms with E-state index in [9.17, 15) is 18.3 Å². The number of allylic oxidation sites excluding steroid dienone is 2. The zero-order chi connectivity index (χ0) is 26.6. The summed E-state index contributed by atoms with van der Waals surface area (Å²) in [5.74, 6) is 0.00916. The van der Waals surface area contributed by atoms with E-state index in [0.717, 1.165) is 36.8 Å². The number of rotatable bonds is 7. The molecule has 0 unspecified atom stereocenters. The number of nitrogens with zero attached hydrogens (tertiary/aromatic N) is 3. The zero-order valence-corrected chi connectivity index (χ0v) is 22.7. The minimum atomic E-state index is -3.90. The Morgan fingerprint density at radius 2 is 2.00 bits per heavy atom. The van der Waals surface area contributed by atoms with E-state index < -0.39 is 22.2 Å². The summed E-state index contributed by atoms with van der Waals surface area (Å²) in [6.07, 6.45) is 9.58. The van der Waals surface area contributed by atoms with Crippen LogP contribution in [0.4, 0.5) is 0 Å². The lowest BCUT2D eigenvalue weighted by atomic mass is 9.93. The molecule has 0 radical (unpaired) electrons. The average Bonchev–Trinajstić information content (AvgIpc) is 2.91. The Morgan fingerprint density at radius 1 is 1.24 bits per heavy atom. The molecule has 1 aliphatic carbocycles. The predicted molar refractivity (Wildman–Crippen MR) is 142 cm³/mol. The van der Waals surface area contributed by atoms with Crippen LogP contribution in [-0.4, -0.2) is 72.5 Å². The molecule has 0 bridgehead atoms. The van der Waals surface area contributed by atoms with Crippen molar-refractivity contribution in [2.24, 2.45) is 5.92 Å². The highest BCUT2D eigenvalue weighted by Gasteiger charge is 2.38. The number of likely N-dealkylation sites (N-methyl/N-ethyl adjacent to an activating group) is 1. The molecule has 0 spiro atoms. The second-order valence-corrected chi connectivity index (χ2v) is 12.0. The Kier molecular flexibility index (Phi) is 8.67. The number of hydrogen-bond acceptors (Lipinski definition) is 6. The summed E-state index contributed by atoms with van der Waals surface area (Å²) in [5.41, 5.74) is 3.04. The van der Waals surface area contributed by atoms with Gasteiger partial charge in [-0.2, -0.15) is 4.31 Å². The molecule has 9 heteroatoms. The Balaban J connectivity index is 1.67. The fourth-order valence-electron chi connectivity index (χ4n) is 4.93. The highest BCUT2D eigenvalue weighted by molar-refractivity contribution is 7.89. The summed E-state index contributed by atoms with van der Waals surface area (Å²) in [5, 5.41) is 9.85. The molecule has 1 amide bonds. The molecule has 4 rings (SSSR count). The van der Waals surface area contributed by atoms with E-state index in [1.807, 2.05) is 31.2 Å². The van der Waals surface area contributed by atoms with Gasteiger partial charge in [0.15, 0.2) is 0 Å². The summed E-state index contributed by atoms with van der Waals surface area (Å²) in [6.45, 7) is 3.82. The lowest BCUT2D eigenvalue weighted by Crippen LogP contribution is -2.50. The van der Waals surface area contributed by atoms with Gasteiger partial charge in [0, 0.05) is 37.9 Å². The van der Waals surface area contributed by atoms with E-state index >= 15 is 0 Å². The molecule has 0 saturated carbocycles. The number of hydrogen-bond donors (Lipinski definition) is 1. The van der Waals surface area contributed by atoms with Crippen molar-refractivity contribution < 1.29 is 23.1 Å². The summed E-state index contributed by atoms with van der Waals surface area (Å²) in [6, 6.07) is 8.34. The van der Waals surface area contributed by atoms with Crippen LogP contribution < -0.4 is 4.74 Å². The van der Waals surface area contributed by atoms with Crippen molar-refractivity contribution in [3.8, 4) is 5.75 Å². The number of benzene rings is 1. The molecule has 2 aliphatic rings. The highest BCUT2D eigenvalue weighted by atomic mass is 32.2. The van der Waals surface area contributed by atoms with Crippen molar-refractivity contribution in [1.82, 2.24) is 14.2 Å². The summed E-state index contributed by atoms with van der Waals surface area (Å²) < 4.78 is 35.2. The molecular formula is C28H37N3O5S. The third-order valence-electron chi connectivity index (χ3n) is 7.31. The average molecular weight is 528 g/mol. The van der Waals surface area contributed by atoms with Gasteiger partial charge in [0.05, 0.1) is 19.6 Å². The van der Waals surface area contributed by atoms with Gasteiger partial charge in [-0.3, -0.25) is 9.78 Å². The van der Waals surface area contributed by atoms with Crippen LogP contribution >= 0.6 is 0 Å². The molecule has 0 fully saturated rings. The van der Waals surface area contributed by atoms with Crippen molar-refractivity contribution in [2.75, 3.05) is 26.7 Å². The second-order valence-electron chi connectivity index (χ2n) is 10.2. The zero-order valence-electron chi connectivity index (χ0n) is 21.8. The SMILES string of the molecule is C[C@@H]1CN([C@@H](C)CO)S(=O)(=O)c2ccc(C3=CCCCC3)cc2O[C@H]1CN(C)C(=O)Cc1ccncc1. The van der Waals surface area contributed by atoms with Crippen LogP contribution in [0.2, 0.25) is 0 Å². The highest BCUT2D eigenvalue weighted by Crippen LogP contribution is 2.37. The number of amides is 1. The number of aliphatic hydroxyl groups excluding tert-OH is 1. The molecule has 8 nitrogen and oxygen atoms in total. The van der Waals surface area contributed by atoms with Crippen LogP contribution in [0.3, 0.4) is 0 Å². The van der Waals surface area contributed by atoms with Crippen LogP contribution in [0.1, 0.15) is 50.7 Å². The number of ether oxygens (including phenoxy) is 1. The van der Waals surface area contributed by atoms with Crippen molar-refractivity contribution in [2.45, 2.75) is 63.0 Å². The maximum absolute atomic E-state index is 13.7. The molecule has 0 saturated heterocycles. The van der Waals surface area contributed by atoms with E-state index in [1.165, 1.54) is 9.88 Å². The largest absolute Gasteiger partial charge is 0.487 e. The van der Waals surface area contributed by atoms with Gasteiger partial charge in [-0.1, -0.05) is 19.1 Å². The Labute approximate surface area is 220 Å². The Bertz CT molecular complexity index is 1230. The normalized spacial score (nSPS) is 22.5. The smallest absolute Gasteiger partial charge is 0.247 e. The first-order valence-corrected chi connectivity index (χ1v) is 14.4. The molecule has 1 aromatic heterocycles. The van der Waals surface area contributed by atoms with E-state index in [1.54, 1.807) is 37.3 Å². The monoisotopic (exact) mass is 527 g/mol. The first kappa shape index (κ1) is 27.3. The van der Waals surface area contributed by atoms with Gasteiger partial charge in [0.2, 0.25) is 15.9 Å². The topological polar surface area (TPSA) is 100 Å². The minimum Gasteiger partial charge on any atom is -0.487 e. The van der Waals surface area contributed by atoms with E-state index in [4.69, 9.17) is 4.74 Å². The van der Waals surface area contributed by atoms with Gasteiger partial charge in [-0.25, -0.2) is 8.42 Å². The van der Waals surface area contributed by atoms with Crippen molar-refractivity contribution in [1.29, 1.82) is 0 Å². The summed E-state index contributed by atoms with van der Waals surface area (Å²) in [4.78, 5) is 18.7. The lowest BCUT2D eigenvalue weighted by molar-refractivity contribution is -0.130. The fourth-order valence-corrected chi connectivity index (χ4v) is 6.75. The van der Waals surface area contributed by atoms with Crippen molar-refractivity contribution in [3.63, 3.8) is 0 Å². The second kappa shape index (κ2) is 11.8. The van der Waals surface area contributed by atoms with Crippen LogP contribution in [0.5, 0.6) is 5.75 Å². The molecule has 3 atom stereocenters. The molecule has 1 N–H and O–H groups in total. The maximum atomic E-state index is 13.7. The van der Waals surface area contributed by atoms with Gasteiger partial charge in [0.1, 0.15) is 16.7 Å². The van der Waals surface area contributed by atoms with Crippen LogP contribution in [0, 0.1) is 5.92 Å². The number of carbonyl (C=O) groups excluding carboxylic acids is 1. The van der Waals surface area contributed by atoms with Gasteiger partial charge in [-0.15, -0.1) is 0 Å². The summed E-state index contributed by atoms with van der Waals surface area (Å²) >= 11 is 0. The minimum absolute atomic E-state index is 0.0569. The molecule has 1 aromatic carbocycles. The Hall–Kier alpha value is -2.75. The fraction of sp³-hybridized carbons (Fsp3) is 0.500. The van der Waals surface area contributed by atoms with Crippen LogP contribution in [0.15, 0.2) is 53.7 Å². The van der Waals surface area contributed by atoms with Gasteiger partial charge >= 0.3 is 0 Å². The number of fused-ring (bicyclic) bond motifs is 1. The molecule has 200 valence electrons. The van der Waals surface area contributed by atoms with Crippen molar-refractivity contribution in [3.05, 3.63) is 59.9 Å². The standard InChI is InChI=1S/C28H37N3O5S/c1-20-17-31(21(2)19-32)37(34,35)27-10-9-24(23-7-5-4-6-8-23)16-25(27)36-26(20)18-30(3)28(33)15-22-11-13-29-14-12-22/h7,9-14,16,20-21,26,32H,4-6,8,15,17-19H2,1-3H3/t20-,21+,26+/m1/s1. The molecule has 1 aliphatic heterocycles. The predicted octanol–water partition coefficient (Wildman–Crippen LogP) is 3.51. The number of aromatic nitrogens is 1. The first-order chi connectivity index (χ1) is 17.7. The van der Waals surface area contributed by atoms with E-state index in [-0.39, 0.29) is 36.3 Å². The molecule has 2 aromatic rings. The number of carbonyl (C=O) groups is 1. The van der Waals surface area contributed by atoms with Crippen LogP contribution in [0.25, 0.3) is 5.57 Å². The van der Waals surface area contributed by atoms with Gasteiger partial charge in [-0.05, 0) is 73.6 Å². The lowest BCUT2D eigenvalue weighted by Gasteiger charge is -2.37. The quantitative estimate of drug-likeness (QED) is 0.592.